The molecular weight excluding hydrogens is 570 g/mol. The minimum Gasteiger partial charge on any atom is -0.391 e. The summed E-state index contributed by atoms with van der Waals surface area (Å²) in [5.41, 5.74) is 0. The normalized spacial score (nSPS) is 14.4. The number of allylic oxidation sites excluding steroid dienone is 12. The highest BCUT2D eigenvalue weighted by Gasteiger charge is 2.26. The summed E-state index contributed by atoms with van der Waals surface area (Å²) in [5, 5.41) is 13.1. The third-order valence-corrected chi connectivity index (χ3v) is 7.96. The molecule has 0 heterocycles. The molecule has 3 N–H and O–H groups in total. The lowest BCUT2D eigenvalue weighted by atomic mass is 10.0. The highest BCUT2D eigenvalue weighted by Crippen LogP contribution is 2.13. The monoisotopic (exact) mass is 633 g/mol. The SMILES string of the molecule is CC/C=C\C/C=C\C/C=C\C/C=C\C/C=C\C/C=C\CCCCCCC(=O)NC(CS(=O)(=O)O)C(O)CCCCCCCC. The Morgan fingerprint density at radius 3 is 1.61 bits per heavy atom. The quantitative estimate of drug-likeness (QED) is 0.0432. The number of hydrogen-bond acceptors (Lipinski definition) is 4. The van der Waals surface area contributed by atoms with E-state index in [0.717, 1.165) is 96.3 Å². The molecule has 0 saturated heterocycles. The van der Waals surface area contributed by atoms with Crippen LogP contribution in [0.5, 0.6) is 0 Å². The van der Waals surface area contributed by atoms with Crippen molar-refractivity contribution >= 4 is 16.0 Å². The van der Waals surface area contributed by atoms with E-state index in [1.165, 1.54) is 6.42 Å². The number of unbranched alkanes of at least 4 members (excludes halogenated alkanes) is 9. The van der Waals surface area contributed by atoms with E-state index in [2.05, 4.69) is 92.1 Å². The Kier molecular flexibility index (Phi) is 29.2. The van der Waals surface area contributed by atoms with Gasteiger partial charge in [-0.25, -0.2) is 0 Å². The smallest absolute Gasteiger partial charge is 0.266 e. The van der Waals surface area contributed by atoms with Gasteiger partial charge in [0.25, 0.3) is 10.1 Å². The molecule has 2 unspecified atom stereocenters. The van der Waals surface area contributed by atoms with Crippen molar-refractivity contribution in [3.05, 3.63) is 72.9 Å². The molecule has 0 fully saturated rings. The van der Waals surface area contributed by atoms with Crippen molar-refractivity contribution in [1.82, 2.24) is 5.32 Å². The summed E-state index contributed by atoms with van der Waals surface area (Å²) < 4.78 is 32.1. The van der Waals surface area contributed by atoms with Gasteiger partial charge in [-0.15, -0.1) is 0 Å². The van der Waals surface area contributed by atoms with Crippen LogP contribution in [-0.2, 0) is 14.9 Å². The minimum absolute atomic E-state index is 0.280. The van der Waals surface area contributed by atoms with E-state index in [1.54, 1.807) is 0 Å². The number of carbonyl (C=O) groups excluding carboxylic acids is 1. The molecule has 0 radical (unpaired) electrons. The molecule has 0 aromatic heterocycles. The fourth-order valence-corrected chi connectivity index (χ4v) is 5.39. The van der Waals surface area contributed by atoms with E-state index >= 15 is 0 Å². The number of nitrogens with one attached hydrogen (secondary N) is 1. The highest BCUT2D eigenvalue weighted by molar-refractivity contribution is 7.85. The summed E-state index contributed by atoms with van der Waals surface area (Å²) in [6.07, 6.45) is 43.1. The van der Waals surface area contributed by atoms with Crippen LogP contribution in [0.4, 0.5) is 0 Å². The molecule has 252 valence electrons. The van der Waals surface area contributed by atoms with Gasteiger partial charge in [0.15, 0.2) is 0 Å². The third-order valence-electron chi connectivity index (χ3n) is 7.18. The van der Waals surface area contributed by atoms with Crippen molar-refractivity contribution < 1.29 is 22.9 Å². The lowest BCUT2D eigenvalue weighted by molar-refractivity contribution is -0.122. The Bertz CT molecular complexity index is 962. The second-order valence-corrected chi connectivity index (χ2v) is 12.9. The summed E-state index contributed by atoms with van der Waals surface area (Å²) in [6.45, 7) is 4.30. The zero-order valence-electron chi connectivity index (χ0n) is 27.8. The van der Waals surface area contributed by atoms with Crippen molar-refractivity contribution in [1.29, 1.82) is 0 Å². The number of aliphatic hydroxyl groups is 1. The van der Waals surface area contributed by atoms with Crippen LogP contribution in [0.3, 0.4) is 0 Å². The molecular formula is C37H63NO5S. The first-order chi connectivity index (χ1) is 21.3. The van der Waals surface area contributed by atoms with E-state index in [0.29, 0.717) is 12.8 Å². The molecule has 44 heavy (non-hydrogen) atoms. The Balaban J connectivity index is 3.94. The van der Waals surface area contributed by atoms with Crippen LogP contribution in [-0.4, -0.2) is 41.9 Å². The third kappa shape index (κ3) is 31.2. The molecule has 0 bridgehead atoms. The lowest BCUT2D eigenvalue weighted by Crippen LogP contribution is -2.47. The van der Waals surface area contributed by atoms with Gasteiger partial charge in [-0.05, 0) is 64.2 Å². The molecule has 0 spiro atoms. The van der Waals surface area contributed by atoms with E-state index in [9.17, 15) is 22.9 Å². The molecule has 7 heteroatoms. The molecule has 0 aromatic rings. The van der Waals surface area contributed by atoms with Gasteiger partial charge in [-0.1, -0.05) is 138 Å². The maximum absolute atomic E-state index is 12.4. The van der Waals surface area contributed by atoms with Gasteiger partial charge >= 0.3 is 0 Å². The molecule has 0 aromatic carbocycles. The number of carbonyl (C=O) groups is 1. The predicted molar refractivity (Wildman–Crippen MR) is 188 cm³/mol. The molecule has 0 saturated carbocycles. The summed E-state index contributed by atoms with van der Waals surface area (Å²) in [4.78, 5) is 12.4. The van der Waals surface area contributed by atoms with Gasteiger partial charge in [-0.2, -0.15) is 8.42 Å². The number of aliphatic hydroxyl groups excluding tert-OH is 1. The largest absolute Gasteiger partial charge is 0.391 e. The standard InChI is InChI=1S/C37H63NO5S/c1-3-5-7-9-11-12-13-14-15-16-17-18-19-20-21-22-23-24-25-26-27-29-31-33-37(40)38-35(34-44(41,42)43)36(39)32-30-28-10-8-6-4-2/h5,7,11-12,14-15,17-18,20-21,23-24,35-36,39H,3-4,6,8-10,13,16,19,22,25-34H2,1-2H3,(H,38,40)(H,41,42,43)/b7-5-,12-11-,15-14-,18-17-,21-20-,24-23-. The topological polar surface area (TPSA) is 104 Å². The summed E-state index contributed by atoms with van der Waals surface area (Å²) >= 11 is 0. The van der Waals surface area contributed by atoms with Gasteiger partial charge in [0.1, 0.15) is 0 Å². The maximum atomic E-state index is 12.4. The predicted octanol–water partition coefficient (Wildman–Crippen LogP) is 9.51. The van der Waals surface area contributed by atoms with Crippen LogP contribution in [0, 0.1) is 0 Å². The van der Waals surface area contributed by atoms with Crippen molar-refractivity contribution in [3.63, 3.8) is 0 Å². The van der Waals surface area contributed by atoms with Crippen LogP contribution in [0.1, 0.15) is 136 Å². The Morgan fingerprint density at radius 2 is 1.09 bits per heavy atom. The van der Waals surface area contributed by atoms with Gasteiger partial charge in [-0.3, -0.25) is 9.35 Å². The van der Waals surface area contributed by atoms with E-state index in [1.807, 2.05) is 0 Å². The van der Waals surface area contributed by atoms with Gasteiger partial charge < -0.3 is 10.4 Å². The average molecular weight is 634 g/mol. The Hall–Kier alpha value is -2.22. The van der Waals surface area contributed by atoms with Gasteiger partial charge in [0.05, 0.1) is 17.9 Å². The molecule has 0 rings (SSSR count). The minimum atomic E-state index is -4.31. The maximum Gasteiger partial charge on any atom is 0.266 e. The summed E-state index contributed by atoms with van der Waals surface area (Å²) in [5.74, 6) is -0.945. The second kappa shape index (κ2) is 30.8. The lowest BCUT2D eigenvalue weighted by Gasteiger charge is -2.23. The number of rotatable bonds is 29. The van der Waals surface area contributed by atoms with Gasteiger partial charge in [0, 0.05) is 6.42 Å². The summed E-state index contributed by atoms with van der Waals surface area (Å²) in [7, 11) is -4.31. The second-order valence-electron chi connectivity index (χ2n) is 11.4. The van der Waals surface area contributed by atoms with Crippen molar-refractivity contribution in [3.8, 4) is 0 Å². The van der Waals surface area contributed by atoms with Crippen LogP contribution >= 0.6 is 0 Å². The Morgan fingerprint density at radius 1 is 0.636 bits per heavy atom. The zero-order chi connectivity index (χ0) is 32.6. The summed E-state index contributed by atoms with van der Waals surface area (Å²) in [6, 6.07) is -0.985. The Labute approximate surface area is 270 Å². The first-order valence-electron chi connectivity index (χ1n) is 17.1. The first kappa shape index (κ1) is 41.8. The average Bonchev–Trinajstić information content (AvgIpc) is 2.98. The number of hydrogen-bond donors (Lipinski definition) is 3. The molecule has 6 nitrogen and oxygen atoms in total. The van der Waals surface area contributed by atoms with Gasteiger partial charge in [0.2, 0.25) is 5.91 Å². The molecule has 2 atom stereocenters. The molecule has 1 amide bonds. The van der Waals surface area contributed by atoms with Crippen molar-refractivity contribution in [2.24, 2.45) is 0 Å². The number of amides is 1. The van der Waals surface area contributed by atoms with E-state index < -0.39 is 28.0 Å². The highest BCUT2D eigenvalue weighted by atomic mass is 32.2. The fraction of sp³-hybridized carbons (Fsp3) is 0.649. The molecule has 0 aliphatic carbocycles. The van der Waals surface area contributed by atoms with Crippen LogP contribution < -0.4 is 5.32 Å². The van der Waals surface area contributed by atoms with E-state index in [4.69, 9.17) is 0 Å². The van der Waals surface area contributed by atoms with Crippen LogP contribution in [0.15, 0.2) is 72.9 Å². The van der Waals surface area contributed by atoms with Crippen molar-refractivity contribution in [2.75, 3.05) is 5.75 Å². The van der Waals surface area contributed by atoms with E-state index in [-0.39, 0.29) is 12.3 Å². The fourth-order valence-electron chi connectivity index (χ4n) is 4.63. The molecule has 0 aliphatic rings. The first-order valence-corrected chi connectivity index (χ1v) is 18.7. The van der Waals surface area contributed by atoms with Crippen LogP contribution in [0.2, 0.25) is 0 Å². The zero-order valence-corrected chi connectivity index (χ0v) is 28.6. The van der Waals surface area contributed by atoms with Crippen molar-refractivity contribution in [2.45, 2.75) is 148 Å². The van der Waals surface area contributed by atoms with Crippen LogP contribution in [0.25, 0.3) is 0 Å². The molecule has 0 aliphatic heterocycles.